The largest absolute Gasteiger partial charge is 0.390 e. The highest BCUT2D eigenvalue weighted by atomic mass is 16.5. The molecule has 5 heteroatoms. The number of β-amino-alcohol motifs (C(OH)–C–C–N with tert-alkyl or cyclic N) is 1. The summed E-state index contributed by atoms with van der Waals surface area (Å²) < 4.78 is 5.16. The first-order valence-corrected chi connectivity index (χ1v) is 6.59. The first kappa shape index (κ1) is 13.2. The van der Waals surface area contributed by atoms with Gasteiger partial charge in [0.25, 0.3) is 0 Å². The Bertz CT molecular complexity index is 226. The Kier molecular flexibility index (Phi) is 4.76. The number of aliphatic hydroxyl groups excluding tert-OH is 1. The van der Waals surface area contributed by atoms with Crippen LogP contribution in [0.3, 0.4) is 0 Å². The molecule has 2 fully saturated rings. The van der Waals surface area contributed by atoms with E-state index in [0.717, 1.165) is 19.6 Å². The van der Waals surface area contributed by atoms with E-state index in [1.54, 1.807) is 0 Å². The minimum absolute atomic E-state index is 0.348. The second kappa shape index (κ2) is 6.11. The molecule has 0 amide bonds. The van der Waals surface area contributed by atoms with Crippen molar-refractivity contribution in [2.24, 2.45) is 0 Å². The van der Waals surface area contributed by atoms with Gasteiger partial charge in [0.05, 0.1) is 12.7 Å². The molecule has 0 aliphatic carbocycles. The third-order valence-corrected chi connectivity index (χ3v) is 3.58. The molecule has 5 nitrogen and oxygen atoms in total. The van der Waals surface area contributed by atoms with Gasteiger partial charge in [0.1, 0.15) is 5.60 Å². The maximum absolute atomic E-state index is 10.0. The molecule has 2 heterocycles. The molecule has 17 heavy (non-hydrogen) atoms. The van der Waals surface area contributed by atoms with Crippen molar-refractivity contribution in [1.29, 1.82) is 0 Å². The van der Waals surface area contributed by atoms with E-state index in [4.69, 9.17) is 4.74 Å². The van der Waals surface area contributed by atoms with Crippen LogP contribution in [0.15, 0.2) is 0 Å². The van der Waals surface area contributed by atoms with Crippen LogP contribution >= 0.6 is 0 Å². The predicted molar refractivity (Wildman–Crippen MR) is 64.9 cm³/mol. The topological polar surface area (TPSA) is 65.0 Å². The molecule has 0 aromatic carbocycles. The lowest BCUT2D eigenvalue weighted by Gasteiger charge is -2.23. The van der Waals surface area contributed by atoms with Crippen molar-refractivity contribution in [3.05, 3.63) is 0 Å². The molecule has 100 valence electrons. The predicted octanol–water partition coefficient (Wildman–Crippen LogP) is -0.816. The molecule has 0 bridgehead atoms. The minimum Gasteiger partial charge on any atom is -0.390 e. The van der Waals surface area contributed by atoms with Crippen LogP contribution in [0, 0.1) is 0 Å². The standard InChI is InChI=1S/C12H24N2O3/c15-11(8-14-4-1-2-5-14)7-13-9-12(16)3-6-17-10-12/h11,13,15-16H,1-10H2. The highest BCUT2D eigenvalue weighted by Crippen LogP contribution is 2.16. The van der Waals surface area contributed by atoms with Crippen molar-refractivity contribution < 1.29 is 14.9 Å². The number of likely N-dealkylation sites (tertiary alicyclic amines) is 1. The zero-order chi connectivity index (χ0) is 12.1. The van der Waals surface area contributed by atoms with E-state index >= 15 is 0 Å². The van der Waals surface area contributed by atoms with Crippen LogP contribution in [0.1, 0.15) is 19.3 Å². The molecular formula is C12H24N2O3. The van der Waals surface area contributed by atoms with E-state index in [9.17, 15) is 10.2 Å². The van der Waals surface area contributed by atoms with E-state index in [0.29, 0.717) is 32.7 Å². The minimum atomic E-state index is -0.729. The van der Waals surface area contributed by atoms with Crippen LogP contribution in [0.2, 0.25) is 0 Å². The Morgan fingerprint density at radius 1 is 1.35 bits per heavy atom. The SMILES string of the molecule is OC(CNCC1(O)CCOC1)CN1CCCC1. The summed E-state index contributed by atoms with van der Waals surface area (Å²) in [7, 11) is 0. The normalized spacial score (nSPS) is 32.1. The Balaban J connectivity index is 1.57. The fourth-order valence-corrected chi connectivity index (χ4v) is 2.54. The van der Waals surface area contributed by atoms with Crippen molar-refractivity contribution in [2.75, 3.05) is 45.9 Å². The van der Waals surface area contributed by atoms with Gasteiger partial charge in [-0.3, -0.25) is 0 Å². The van der Waals surface area contributed by atoms with Gasteiger partial charge in [-0.2, -0.15) is 0 Å². The van der Waals surface area contributed by atoms with Crippen LogP contribution < -0.4 is 5.32 Å². The van der Waals surface area contributed by atoms with Crippen molar-refractivity contribution in [3.8, 4) is 0 Å². The van der Waals surface area contributed by atoms with Crippen LogP contribution in [0.4, 0.5) is 0 Å². The smallest absolute Gasteiger partial charge is 0.102 e. The fraction of sp³-hybridized carbons (Fsp3) is 1.00. The van der Waals surface area contributed by atoms with Gasteiger partial charge in [-0.15, -0.1) is 0 Å². The number of nitrogens with zero attached hydrogens (tertiary/aromatic N) is 1. The number of rotatable bonds is 6. The Labute approximate surface area is 103 Å². The lowest BCUT2D eigenvalue weighted by atomic mass is 10.0. The number of nitrogens with one attached hydrogen (secondary N) is 1. The van der Waals surface area contributed by atoms with Crippen molar-refractivity contribution in [3.63, 3.8) is 0 Å². The van der Waals surface area contributed by atoms with Crippen molar-refractivity contribution >= 4 is 0 Å². The molecule has 0 spiro atoms. The van der Waals surface area contributed by atoms with Crippen molar-refractivity contribution in [1.82, 2.24) is 10.2 Å². The molecule has 0 aromatic heterocycles. The van der Waals surface area contributed by atoms with E-state index in [-0.39, 0.29) is 6.10 Å². The molecular weight excluding hydrogens is 220 g/mol. The maximum atomic E-state index is 10.0. The highest BCUT2D eigenvalue weighted by Gasteiger charge is 2.31. The third kappa shape index (κ3) is 4.19. The van der Waals surface area contributed by atoms with Gasteiger partial charge in [-0.1, -0.05) is 0 Å². The summed E-state index contributed by atoms with van der Waals surface area (Å²) in [6.45, 7) is 5.03. The number of hydrogen-bond donors (Lipinski definition) is 3. The molecule has 2 unspecified atom stereocenters. The number of aliphatic hydroxyl groups is 2. The van der Waals surface area contributed by atoms with Gasteiger partial charge in [0, 0.05) is 32.7 Å². The summed E-state index contributed by atoms with van der Waals surface area (Å²) in [5, 5.41) is 23.0. The third-order valence-electron chi connectivity index (χ3n) is 3.58. The highest BCUT2D eigenvalue weighted by molar-refractivity contribution is 4.85. The van der Waals surface area contributed by atoms with Gasteiger partial charge < -0.3 is 25.2 Å². The molecule has 2 saturated heterocycles. The quantitative estimate of drug-likeness (QED) is 0.570. The van der Waals surface area contributed by atoms with E-state index in [1.807, 2.05) is 0 Å². The van der Waals surface area contributed by atoms with Crippen LogP contribution in [0.5, 0.6) is 0 Å². The van der Waals surface area contributed by atoms with Crippen molar-refractivity contribution in [2.45, 2.75) is 31.0 Å². The summed E-state index contributed by atoms with van der Waals surface area (Å²) in [5.41, 5.74) is -0.729. The average Bonchev–Trinajstić information content (AvgIpc) is 2.90. The zero-order valence-electron chi connectivity index (χ0n) is 10.4. The molecule has 2 atom stereocenters. The Morgan fingerprint density at radius 3 is 2.76 bits per heavy atom. The van der Waals surface area contributed by atoms with Crippen LogP contribution in [0.25, 0.3) is 0 Å². The van der Waals surface area contributed by atoms with Gasteiger partial charge >= 0.3 is 0 Å². The van der Waals surface area contributed by atoms with E-state index < -0.39 is 5.60 Å². The van der Waals surface area contributed by atoms with Crippen LogP contribution in [-0.4, -0.2) is 72.8 Å². The lowest BCUT2D eigenvalue weighted by molar-refractivity contribution is 0.0234. The summed E-state index contributed by atoms with van der Waals surface area (Å²) >= 11 is 0. The summed E-state index contributed by atoms with van der Waals surface area (Å²) in [6, 6.07) is 0. The molecule has 0 saturated carbocycles. The fourth-order valence-electron chi connectivity index (χ4n) is 2.54. The van der Waals surface area contributed by atoms with E-state index in [1.165, 1.54) is 12.8 Å². The van der Waals surface area contributed by atoms with Gasteiger partial charge in [0.2, 0.25) is 0 Å². The van der Waals surface area contributed by atoms with Gasteiger partial charge in [-0.25, -0.2) is 0 Å². The average molecular weight is 244 g/mol. The second-order valence-corrected chi connectivity index (χ2v) is 5.32. The van der Waals surface area contributed by atoms with Gasteiger partial charge in [0.15, 0.2) is 0 Å². The first-order valence-electron chi connectivity index (χ1n) is 6.59. The first-order chi connectivity index (χ1) is 8.18. The second-order valence-electron chi connectivity index (χ2n) is 5.32. The molecule has 2 rings (SSSR count). The number of ether oxygens (including phenoxy) is 1. The molecule has 2 aliphatic rings. The maximum Gasteiger partial charge on any atom is 0.102 e. The molecule has 3 N–H and O–H groups in total. The molecule has 0 aromatic rings. The van der Waals surface area contributed by atoms with Gasteiger partial charge in [-0.05, 0) is 25.9 Å². The summed E-state index contributed by atoms with van der Waals surface area (Å²) in [4.78, 5) is 2.29. The zero-order valence-corrected chi connectivity index (χ0v) is 10.4. The Hall–Kier alpha value is -0.200. The molecule has 0 radical (unpaired) electrons. The summed E-state index contributed by atoms with van der Waals surface area (Å²) in [5.74, 6) is 0. The summed E-state index contributed by atoms with van der Waals surface area (Å²) in [6.07, 6.45) is 2.83. The van der Waals surface area contributed by atoms with E-state index in [2.05, 4.69) is 10.2 Å². The monoisotopic (exact) mass is 244 g/mol. The van der Waals surface area contributed by atoms with Crippen LogP contribution in [-0.2, 0) is 4.74 Å². The number of hydrogen-bond acceptors (Lipinski definition) is 5. The molecule has 2 aliphatic heterocycles. The Morgan fingerprint density at radius 2 is 2.12 bits per heavy atom. The lowest BCUT2D eigenvalue weighted by Crippen LogP contribution is -2.45.